The van der Waals surface area contributed by atoms with Crippen molar-refractivity contribution >= 4 is 17.6 Å². The minimum atomic E-state index is -0.741. The fourth-order valence-corrected chi connectivity index (χ4v) is 2.63. The summed E-state index contributed by atoms with van der Waals surface area (Å²) in [6.07, 6.45) is 0.499. The van der Waals surface area contributed by atoms with E-state index in [9.17, 15) is 8.78 Å². The Morgan fingerprint density at radius 2 is 1.90 bits per heavy atom. The van der Waals surface area contributed by atoms with Gasteiger partial charge in [-0.05, 0) is 36.4 Å². The van der Waals surface area contributed by atoms with Crippen LogP contribution in [-0.2, 0) is 6.42 Å². The monoisotopic (exact) mass is 435 g/mol. The van der Waals surface area contributed by atoms with Gasteiger partial charge in [-0.2, -0.15) is 4.98 Å². The molecule has 0 aliphatic carbocycles. The average Bonchev–Trinajstić information content (AvgIpc) is 3.20. The van der Waals surface area contributed by atoms with E-state index in [1.807, 2.05) is 12.1 Å². The summed E-state index contributed by atoms with van der Waals surface area (Å²) in [7, 11) is 1.63. The number of guanidine groups is 1. The van der Waals surface area contributed by atoms with Crippen LogP contribution >= 0.6 is 11.6 Å². The van der Waals surface area contributed by atoms with E-state index in [0.29, 0.717) is 42.2 Å². The fraction of sp³-hybridized carbons (Fsp3) is 0.250. The molecule has 2 N–H and O–H groups in total. The molecule has 3 aromatic rings. The van der Waals surface area contributed by atoms with Crippen LogP contribution in [0.1, 0.15) is 5.89 Å². The predicted octanol–water partition coefficient (Wildman–Crippen LogP) is 3.45. The van der Waals surface area contributed by atoms with Gasteiger partial charge < -0.3 is 19.9 Å². The van der Waals surface area contributed by atoms with Crippen LogP contribution < -0.4 is 15.4 Å². The van der Waals surface area contributed by atoms with Crippen molar-refractivity contribution < 1.29 is 18.0 Å². The Hall–Kier alpha value is -3.20. The van der Waals surface area contributed by atoms with Gasteiger partial charge in [0.15, 0.2) is 17.5 Å². The number of aliphatic imine (C=N–C) groups is 1. The largest absolute Gasteiger partial charge is 0.489 e. The molecule has 30 heavy (non-hydrogen) atoms. The molecule has 158 valence electrons. The van der Waals surface area contributed by atoms with Gasteiger partial charge in [0.2, 0.25) is 11.7 Å². The highest BCUT2D eigenvalue weighted by molar-refractivity contribution is 6.30. The number of benzene rings is 2. The third kappa shape index (κ3) is 6.15. The molecule has 0 spiro atoms. The molecule has 0 saturated carbocycles. The lowest BCUT2D eigenvalue weighted by atomic mass is 10.2. The van der Waals surface area contributed by atoms with Crippen molar-refractivity contribution in [3.63, 3.8) is 0 Å². The molecule has 0 fully saturated rings. The highest BCUT2D eigenvalue weighted by Gasteiger charge is 2.09. The molecule has 0 aliphatic rings. The number of rotatable bonds is 8. The van der Waals surface area contributed by atoms with E-state index in [1.165, 1.54) is 6.07 Å². The molecular formula is C20H20ClF2N5O2. The van der Waals surface area contributed by atoms with Crippen molar-refractivity contribution in [2.45, 2.75) is 6.42 Å². The van der Waals surface area contributed by atoms with E-state index in [-0.39, 0.29) is 12.4 Å². The van der Waals surface area contributed by atoms with E-state index in [4.69, 9.17) is 20.9 Å². The second kappa shape index (κ2) is 10.5. The zero-order chi connectivity index (χ0) is 21.3. The van der Waals surface area contributed by atoms with Gasteiger partial charge in [-0.15, -0.1) is 0 Å². The van der Waals surface area contributed by atoms with Crippen LogP contribution in [0.3, 0.4) is 0 Å². The molecule has 0 unspecified atom stereocenters. The summed E-state index contributed by atoms with van der Waals surface area (Å²) in [6, 6.07) is 10.3. The number of ether oxygens (including phenoxy) is 1. The molecule has 0 aliphatic heterocycles. The summed E-state index contributed by atoms with van der Waals surface area (Å²) in [4.78, 5) is 8.44. The van der Waals surface area contributed by atoms with Crippen LogP contribution in [0.2, 0.25) is 5.02 Å². The first-order valence-corrected chi connectivity index (χ1v) is 9.54. The lowest BCUT2D eigenvalue weighted by Gasteiger charge is -2.12. The minimum Gasteiger partial charge on any atom is -0.489 e. The molecule has 0 bridgehead atoms. The van der Waals surface area contributed by atoms with Crippen LogP contribution in [0.25, 0.3) is 11.4 Å². The standard InChI is InChI=1S/C20H20ClF2N5O2/c1-24-20(26-10-11-29-17-7-6-15(22)12-16(17)23)25-9-8-18-27-19(28-30-18)13-2-4-14(21)5-3-13/h2-7,12H,8-11H2,1H3,(H2,24,25,26). The predicted molar refractivity (Wildman–Crippen MR) is 110 cm³/mol. The topological polar surface area (TPSA) is 84.6 Å². The summed E-state index contributed by atoms with van der Waals surface area (Å²) < 4.78 is 36.9. The van der Waals surface area contributed by atoms with Gasteiger partial charge in [0.25, 0.3) is 0 Å². The number of halogens is 3. The summed E-state index contributed by atoms with van der Waals surface area (Å²) >= 11 is 5.88. The van der Waals surface area contributed by atoms with Gasteiger partial charge in [0, 0.05) is 36.7 Å². The van der Waals surface area contributed by atoms with Crippen LogP contribution in [0.4, 0.5) is 8.78 Å². The average molecular weight is 436 g/mol. The molecule has 7 nitrogen and oxygen atoms in total. The van der Waals surface area contributed by atoms with E-state index >= 15 is 0 Å². The minimum absolute atomic E-state index is 0.00553. The van der Waals surface area contributed by atoms with Crippen LogP contribution in [0.5, 0.6) is 5.75 Å². The number of aromatic nitrogens is 2. The van der Waals surface area contributed by atoms with Crippen molar-refractivity contribution in [3.05, 3.63) is 65.0 Å². The van der Waals surface area contributed by atoms with Gasteiger partial charge in [0.05, 0.1) is 6.54 Å². The normalized spacial score (nSPS) is 11.4. The zero-order valence-electron chi connectivity index (χ0n) is 16.2. The maximum atomic E-state index is 13.5. The van der Waals surface area contributed by atoms with Crippen molar-refractivity contribution in [3.8, 4) is 17.1 Å². The molecule has 0 amide bonds. The maximum absolute atomic E-state index is 13.5. The van der Waals surface area contributed by atoms with Gasteiger partial charge in [-0.1, -0.05) is 16.8 Å². The molecule has 3 rings (SSSR count). The molecule has 1 aromatic heterocycles. The van der Waals surface area contributed by atoms with E-state index in [0.717, 1.165) is 17.7 Å². The van der Waals surface area contributed by atoms with Crippen molar-refractivity contribution in [1.82, 2.24) is 20.8 Å². The highest BCUT2D eigenvalue weighted by atomic mass is 35.5. The Morgan fingerprint density at radius 3 is 2.63 bits per heavy atom. The van der Waals surface area contributed by atoms with Crippen molar-refractivity contribution in [2.24, 2.45) is 4.99 Å². The zero-order valence-corrected chi connectivity index (χ0v) is 16.9. The fourth-order valence-electron chi connectivity index (χ4n) is 2.50. The second-order valence-electron chi connectivity index (χ2n) is 6.12. The Morgan fingerprint density at radius 1 is 1.13 bits per heavy atom. The smallest absolute Gasteiger partial charge is 0.228 e. The third-order valence-electron chi connectivity index (χ3n) is 3.97. The first-order valence-electron chi connectivity index (χ1n) is 9.16. The van der Waals surface area contributed by atoms with Crippen LogP contribution in [0.15, 0.2) is 52.0 Å². The molecular weight excluding hydrogens is 416 g/mol. The summed E-state index contributed by atoms with van der Waals surface area (Å²) in [5.41, 5.74) is 0.817. The molecule has 0 radical (unpaired) electrons. The first kappa shape index (κ1) is 21.5. The first-order chi connectivity index (χ1) is 14.5. The van der Waals surface area contributed by atoms with Gasteiger partial charge in [-0.25, -0.2) is 8.78 Å². The maximum Gasteiger partial charge on any atom is 0.228 e. The summed E-state index contributed by atoms with van der Waals surface area (Å²) in [6.45, 7) is 1.06. The van der Waals surface area contributed by atoms with Crippen LogP contribution in [-0.4, -0.2) is 42.8 Å². The molecule has 0 atom stereocenters. The quantitative estimate of drug-likeness (QED) is 0.320. The van der Waals surface area contributed by atoms with Crippen molar-refractivity contribution in [2.75, 3.05) is 26.7 Å². The lowest BCUT2D eigenvalue weighted by Crippen LogP contribution is -2.40. The number of hydrogen-bond acceptors (Lipinski definition) is 5. The van der Waals surface area contributed by atoms with E-state index in [2.05, 4.69) is 25.8 Å². The molecule has 2 aromatic carbocycles. The Balaban J connectivity index is 1.39. The van der Waals surface area contributed by atoms with E-state index < -0.39 is 11.6 Å². The van der Waals surface area contributed by atoms with Gasteiger partial charge in [-0.3, -0.25) is 4.99 Å². The highest BCUT2D eigenvalue weighted by Crippen LogP contribution is 2.19. The molecule has 1 heterocycles. The molecule has 0 saturated heterocycles. The number of nitrogens with zero attached hydrogens (tertiary/aromatic N) is 3. The summed E-state index contributed by atoms with van der Waals surface area (Å²) in [5.74, 6) is 0.121. The van der Waals surface area contributed by atoms with Gasteiger partial charge >= 0.3 is 0 Å². The molecule has 10 heteroatoms. The lowest BCUT2D eigenvalue weighted by molar-refractivity contribution is 0.304. The number of nitrogens with one attached hydrogen (secondary N) is 2. The Labute approximate surface area is 177 Å². The number of hydrogen-bond donors (Lipinski definition) is 2. The van der Waals surface area contributed by atoms with Crippen molar-refractivity contribution in [1.29, 1.82) is 0 Å². The third-order valence-corrected chi connectivity index (χ3v) is 4.22. The van der Waals surface area contributed by atoms with Crippen LogP contribution in [0, 0.1) is 11.6 Å². The Kier molecular flexibility index (Phi) is 7.56. The SMILES string of the molecule is CN=C(NCCOc1ccc(F)cc1F)NCCc1nc(-c2ccc(Cl)cc2)no1. The summed E-state index contributed by atoms with van der Waals surface area (Å²) in [5, 5.41) is 10.7. The second-order valence-corrected chi connectivity index (χ2v) is 6.55. The Bertz CT molecular complexity index is 995. The van der Waals surface area contributed by atoms with E-state index in [1.54, 1.807) is 19.2 Å². The van der Waals surface area contributed by atoms with Gasteiger partial charge in [0.1, 0.15) is 12.4 Å².